The number of benzene rings is 1. The van der Waals surface area contributed by atoms with Crippen LogP contribution in [0, 0.1) is 0 Å². The molecule has 1 saturated heterocycles. The van der Waals surface area contributed by atoms with Crippen LogP contribution in [0.4, 0.5) is 0 Å². The van der Waals surface area contributed by atoms with E-state index in [2.05, 4.69) is 23.6 Å². The van der Waals surface area contributed by atoms with Gasteiger partial charge in [0.1, 0.15) is 6.42 Å². The molecule has 5 heteroatoms. The molecular formula is C17H21NO4. The van der Waals surface area contributed by atoms with Crippen molar-refractivity contribution < 1.29 is 19.1 Å². The van der Waals surface area contributed by atoms with Gasteiger partial charge >= 0.3 is 5.97 Å². The normalized spacial score (nSPS) is 14.4. The van der Waals surface area contributed by atoms with Crippen molar-refractivity contribution in [2.75, 3.05) is 6.61 Å². The number of hydrogen-bond donors (Lipinski definition) is 1. The van der Waals surface area contributed by atoms with Crippen molar-refractivity contribution in [1.82, 2.24) is 5.32 Å². The van der Waals surface area contributed by atoms with Gasteiger partial charge in [-0.2, -0.15) is 0 Å². The molecule has 1 aliphatic heterocycles. The Morgan fingerprint density at radius 2 is 2.05 bits per heavy atom. The lowest BCUT2D eigenvalue weighted by molar-refractivity contribution is -0.138. The second kappa shape index (κ2) is 9.50. The Morgan fingerprint density at radius 1 is 1.36 bits per heavy atom. The molecule has 22 heavy (non-hydrogen) atoms. The molecule has 1 unspecified atom stereocenters. The fraction of sp³-hybridized carbons (Fsp3) is 0.353. The van der Waals surface area contributed by atoms with Gasteiger partial charge in [0, 0.05) is 0 Å². The van der Waals surface area contributed by atoms with Gasteiger partial charge in [0.05, 0.1) is 6.04 Å². The van der Waals surface area contributed by atoms with Crippen LogP contribution in [0.2, 0.25) is 0 Å². The molecule has 1 aromatic carbocycles. The number of amides is 1. The zero-order valence-corrected chi connectivity index (χ0v) is 12.7. The van der Waals surface area contributed by atoms with Crippen molar-refractivity contribution in [3.8, 4) is 0 Å². The van der Waals surface area contributed by atoms with E-state index in [9.17, 15) is 14.4 Å². The van der Waals surface area contributed by atoms with Crippen LogP contribution in [-0.2, 0) is 19.1 Å². The second-order valence-electron chi connectivity index (χ2n) is 4.84. The number of nitrogens with one attached hydrogen (secondary N) is 1. The third kappa shape index (κ3) is 6.35. The number of carbonyl (C=O) groups is 3. The van der Waals surface area contributed by atoms with Gasteiger partial charge in [0.2, 0.25) is 5.91 Å². The van der Waals surface area contributed by atoms with Gasteiger partial charge in [-0.3, -0.25) is 14.4 Å². The predicted molar refractivity (Wildman–Crippen MR) is 83.0 cm³/mol. The lowest BCUT2D eigenvalue weighted by Crippen LogP contribution is -2.26. The molecule has 5 nitrogen and oxygen atoms in total. The number of cyclic esters (lactones) is 1. The predicted octanol–water partition coefficient (Wildman–Crippen LogP) is 2.33. The summed E-state index contributed by atoms with van der Waals surface area (Å²) in [5.74, 6) is -0.632. The van der Waals surface area contributed by atoms with E-state index in [1.807, 2.05) is 30.3 Å². The smallest absolute Gasteiger partial charge is 0.313 e. The third-order valence-corrected chi connectivity index (χ3v) is 3.02. The number of rotatable bonds is 5. The first-order valence-electron chi connectivity index (χ1n) is 7.22. The van der Waals surface area contributed by atoms with Crippen molar-refractivity contribution in [1.29, 1.82) is 0 Å². The molecule has 0 aromatic heterocycles. The maximum atomic E-state index is 11.2. The van der Waals surface area contributed by atoms with Crippen molar-refractivity contribution in [3.05, 3.63) is 48.6 Å². The second-order valence-corrected chi connectivity index (χ2v) is 4.84. The largest absolute Gasteiger partial charge is 0.457 e. The number of ether oxygens (including phenoxy) is 1. The van der Waals surface area contributed by atoms with E-state index in [4.69, 9.17) is 0 Å². The van der Waals surface area contributed by atoms with E-state index in [-0.39, 0.29) is 30.8 Å². The standard InChI is InChI=1S/C13H17NO.C4H4O3/c1-3-8-12(14-13(15)4-2)11-9-6-5-7-10-11;5-3-1-4(6)7-2-3/h4-7,9-10,12H,2-3,8H2,1H3,(H,14,15);1-2H2. The van der Waals surface area contributed by atoms with Gasteiger partial charge in [-0.05, 0) is 18.1 Å². The lowest BCUT2D eigenvalue weighted by atomic mass is 10.0. The van der Waals surface area contributed by atoms with E-state index in [0.717, 1.165) is 18.4 Å². The van der Waals surface area contributed by atoms with Gasteiger partial charge in [-0.1, -0.05) is 50.3 Å². The first kappa shape index (κ1) is 17.6. The topological polar surface area (TPSA) is 72.5 Å². The van der Waals surface area contributed by atoms with Crippen LogP contribution in [0.5, 0.6) is 0 Å². The summed E-state index contributed by atoms with van der Waals surface area (Å²) < 4.78 is 4.28. The first-order chi connectivity index (χ1) is 10.6. The van der Waals surface area contributed by atoms with Crippen LogP contribution in [0.3, 0.4) is 0 Å². The van der Waals surface area contributed by atoms with E-state index >= 15 is 0 Å². The summed E-state index contributed by atoms with van der Waals surface area (Å²) in [5.41, 5.74) is 1.15. The van der Waals surface area contributed by atoms with Crippen molar-refractivity contribution in [3.63, 3.8) is 0 Å². The Morgan fingerprint density at radius 3 is 2.45 bits per heavy atom. The minimum Gasteiger partial charge on any atom is -0.457 e. The molecule has 0 radical (unpaired) electrons. The summed E-state index contributed by atoms with van der Waals surface area (Å²) in [6, 6.07) is 10.1. The Kier molecular flexibility index (Phi) is 7.61. The van der Waals surface area contributed by atoms with Gasteiger partial charge in [0.15, 0.2) is 12.4 Å². The van der Waals surface area contributed by atoms with Crippen molar-refractivity contribution >= 4 is 17.7 Å². The van der Waals surface area contributed by atoms with Gasteiger partial charge in [-0.25, -0.2) is 0 Å². The molecule has 1 heterocycles. The molecule has 1 aromatic rings. The van der Waals surface area contributed by atoms with Crippen LogP contribution in [0.15, 0.2) is 43.0 Å². The van der Waals surface area contributed by atoms with Crippen molar-refractivity contribution in [2.24, 2.45) is 0 Å². The molecular weight excluding hydrogens is 282 g/mol. The minimum atomic E-state index is -0.398. The summed E-state index contributed by atoms with van der Waals surface area (Å²) in [7, 11) is 0. The van der Waals surface area contributed by atoms with E-state index in [1.165, 1.54) is 6.08 Å². The Bertz CT molecular complexity index is 511. The van der Waals surface area contributed by atoms with Crippen LogP contribution >= 0.6 is 0 Å². The summed E-state index contributed by atoms with van der Waals surface area (Å²) in [5, 5.41) is 2.93. The van der Waals surface area contributed by atoms with Gasteiger partial charge in [0.25, 0.3) is 0 Å². The lowest BCUT2D eigenvalue weighted by Gasteiger charge is -2.17. The maximum Gasteiger partial charge on any atom is 0.313 e. The SMILES string of the molecule is C=CC(=O)NC(CCC)c1ccccc1.O=C1COC(=O)C1. The molecule has 1 N–H and O–H groups in total. The Hall–Kier alpha value is -2.43. The van der Waals surface area contributed by atoms with Crippen LogP contribution in [0.1, 0.15) is 37.8 Å². The summed E-state index contributed by atoms with van der Waals surface area (Å²) >= 11 is 0. The third-order valence-electron chi connectivity index (χ3n) is 3.02. The minimum absolute atomic E-state index is 0.0150. The van der Waals surface area contributed by atoms with Crippen LogP contribution in [-0.4, -0.2) is 24.3 Å². The van der Waals surface area contributed by atoms with Gasteiger partial charge < -0.3 is 10.1 Å². The Balaban J connectivity index is 0.000000287. The number of Topliss-reactive ketones (excluding diaryl/α,β-unsaturated/α-hetero) is 1. The fourth-order valence-corrected chi connectivity index (χ4v) is 1.95. The zero-order valence-electron chi connectivity index (χ0n) is 12.7. The monoisotopic (exact) mass is 303 g/mol. The van der Waals surface area contributed by atoms with E-state index < -0.39 is 5.97 Å². The molecule has 0 saturated carbocycles. The summed E-state index contributed by atoms with van der Waals surface area (Å²) in [4.78, 5) is 31.4. The first-order valence-corrected chi connectivity index (χ1v) is 7.22. The summed E-state index contributed by atoms with van der Waals surface area (Å²) in [6.45, 7) is 5.55. The average molecular weight is 303 g/mol. The highest BCUT2D eigenvalue weighted by Crippen LogP contribution is 2.17. The van der Waals surface area contributed by atoms with Crippen molar-refractivity contribution in [2.45, 2.75) is 32.2 Å². The molecule has 0 aliphatic carbocycles. The number of esters is 1. The van der Waals surface area contributed by atoms with E-state index in [1.54, 1.807) is 0 Å². The fourth-order valence-electron chi connectivity index (χ4n) is 1.95. The quantitative estimate of drug-likeness (QED) is 0.515. The molecule has 2 rings (SSSR count). The van der Waals surface area contributed by atoms with Crippen LogP contribution < -0.4 is 5.32 Å². The highest BCUT2D eigenvalue weighted by Gasteiger charge is 2.18. The maximum absolute atomic E-state index is 11.2. The molecule has 1 fully saturated rings. The Labute approximate surface area is 130 Å². The molecule has 0 spiro atoms. The number of hydrogen-bond acceptors (Lipinski definition) is 4. The summed E-state index contributed by atoms with van der Waals surface area (Å²) in [6.07, 6.45) is 3.27. The average Bonchev–Trinajstić information content (AvgIpc) is 2.91. The number of carbonyl (C=O) groups excluding carboxylic acids is 3. The van der Waals surface area contributed by atoms with Gasteiger partial charge in [-0.15, -0.1) is 0 Å². The molecule has 1 aliphatic rings. The number of ketones is 1. The molecule has 1 atom stereocenters. The highest BCUT2D eigenvalue weighted by molar-refractivity contribution is 6.01. The van der Waals surface area contributed by atoms with Crippen LogP contribution in [0.25, 0.3) is 0 Å². The zero-order chi connectivity index (χ0) is 16.4. The molecule has 0 bridgehead atoms. The molecule has 1 amide bonds. The molecule has 118 valence electrons. The van der Waals surface area contributed by atoms with E-state index in [0.29, 0.717) is 0 Å². The highest BCUT2D eigenvalue weighted by atomic mass is 16.5.